The predicted molar refractivity (Wildman–Crippen MR) is 77.5 cm³/mol. The van der Waals surface area contributed by atoms with Gasteiger partial charge in [0.15, 0.2) is 0 Å². The van der Waals surface area contributed by atoms with Crippen molar-refractivity contribution in [2.75, 3.05) is 0 Å². The van der Waals surface area contributed by atoms with E-state index in [1.165, 1.54) is 0 Å². The highest BCUT2D eigenvalue weighted by atomic mass is 35.5. The van der Waals surface area contributed by atoms with E-state index >= 15 is 0 Å². The lowest BCUT2D eigenvalue weighted by Crippen LogP contribution is -1.91. The van der Waals surface area contributed by atoms with E-state index in [0.29, 0.717) is 26.6 Å². The molecule has 0 aliphatic rings. The summed E-state index contributed by atoms with van der Waals surface area (Å²) in [5.41, 5.74) is 0.719. The lowest BCUT2D eigenvalue weighted by molar-refractivity contribution is 0.478. The van der Waals surface area contributed by atoms with Crippen LogP contribution in [0.15, 0.2) is 36.4 Å². The Hall–Kier alpha value is -0.600. The quantitative estimate of drug-likeness (QED) is 0.613. The molecule has 2 aromatic rings. The predicted octanol–water partition coefficient (Wildman–Crippen LogP) is 6.18. The molecular weight excluding hydrogens is 314 g/mol. The van der Waals surface area contributed by atoms with Crippen molar-refractivity contribution < 1.29 is 4.74 Å². The minimum atomic E-state index is 0.257. The number of halogens is 4. The van der Waals surface area contributed by atoms with Crippen LogP contribution in [0.4, 0.5) is 0 Å². The summed E-state index contributed by atoms with van der Waals surface area (Å²) < 4.78 is 5.71. The Morgan fingerprint density at radius 3 is 2.39 bits per heavy atom. The van der Waals surface area contributed by atoms with Crippen LogP contribution in [0.2, 0.25) is 15.1 Å². The molecule has 0 N–H and O–H groups in total. The molecule has 94 valence electrons. The Morgan fingerprint density at radius 2 is 1.67 bits per heavy atom. The van der Waals surface area contributed by atoms with Crippen LogP contribution in [0.3, 0.4) is 0 Å². The molecule has 0 aromatic heterocycles. The summed E-state index contributed by atoms with van der Waals surface area (Å²) in [6.45, 7) is 0. The summed E-state index contributed by atoms with van der Waals surface area (Å²) in [5, 5.41) is 1.57. The summed E-state index contributed by atoms with van der Waals surface area (Å²) in [5.74, 6) is 1.30. The number of hydrogen-bond acceptors (Lipinski definition) is 1. The summed E-state index contributed by atoms with van der Waals surface area (Å²) in [6, 6.07) is 10.3. The van der Waals surface area contributed by atoms with E-state index < -0.39 is 0 Å². The summed E-state index contributed by atoms with van der Waals surface area (Å²) in [4.78, 5) is 0. The number of ether oxygens (including phenoxy) is 1. The van der Waals surface area contributed by atoms with Gasteiger partial charge in [0, 0.05) is 21.7 Å². The van der Waals surface area contributed by atoms with E-state index in [1.54, 1.807) is 36.4 Å². The number of hydrogen-bond donors (Lipinski definition) is 0. The molecule has 2 aromatic carbocycles. The average Bonchev–Trinajstić information content (AvgIpc) is 2.34. The lowest BCUT2D eigenvalue weighted by atomic mass is 10.2. The topological polar surface area (TPSA) is 9.23 Å². The van der Waals surface area contributed by atoms with Gasteiger partial charge >= 0.3 is 0 Å². The second-order valence-corrected chi connectivity index (χ2v) is 5.05. The second kappa shape index (κ2) is 6.03. The normalized spacial score (nSPS) is 10.4. The van der Waals surface area contributed by atoms with Crippen LogP contribution in [0.1, 0.15) is 5.56 Å². The maximum atomic E-state index is 6.04. The van der Waals surface area contributed by atoms with Crippen molar-refractivity contribution in [2.24, 2.45) is 0 Å². The summed E-state index contributed by atoms with van der Waals surface area (Å²) in [6.07, 6.45) is 0. The zero-order valence-electron chi connectivity index (χ0n) is 9.09. The van der Waals surface area contributed by atoms with Gasteiger partial charge in [-0.15, -0.1) is 11.6 Å². The minimum absolute atomic E-state index is 0.257. The fourth-order valence-electron chi connectivity index (χ4n) is 1.44. The third kappa shape index (κ3) is 3.04. The van der Waals surface area contributed by atoms with Crippen LogP contribution in [0.25, 0.3) is 0 Å². The van der Waals surface area contributed by atoms with Crippen molar-refractivity contribution in [1.82, 2.24) is 0 Å². The molecule has 0 unspecified atom stereocenters. The van der Waals surface area contributed by atoms with Crippen LogP contribution >= 0.6 is 46.4 Å². The molecular formula is C13H8Cl4O. The number of rotatable bonds is 3. The highest BCUT2D eigenvalue weighted by Crippen LogP contribution is 2.36. The Balaban J connectivity index is 2.40. The standard InChI is InChI=1S/C13H8Cl4O/c14-7-9-10(16)2-1-3-12(9)18-13-6-8(15)4-5-11(13)17/h1-6H,7H2. The molecule has 0 amide bonds. The van der Waals surface area contributed by atoms with Gasteiger partial charge in [-0.05, 0) is 24.3 Å². The van der Waals surface area contributed by atoms with Crippen molar-refractivity contribution in [1.29, 1.82) is 0 Å². The third-order valence-corrected chi connectivity index (χ3v) is 3.49. The Bertz CT molecular complexity index is 569. The maximum absolute atomic E-state index is 6.04. The molecule has 0 saturated carbocycles. The van der Waals surface area contributed by atoms with E-state index in [2.05, 4.69) is 0 Å². The zero-order chi connectivity index (χ0) is 13.1. The zero-order valence-corrected chi connectivity index (χ0v) is 12.1. The van der Waals surface area contributed by atoms with E-state index in [1.807, 2.05) is 0 Å². The summed E-state index contributed by atoms with van der Waals surface area (Å²) in [7, 11) is 0. The molecule has 5 heteroatoms. The molecule has 2 rings (SSSR count). The first-order chi connectivity index (χ1) is 8.61. The van der Waals surface area contributed by atoms with Gasteiger partial charge in [-0.3, -0.25) is 0 Å². The smallest absolute Gasteiger partial charge is 0.147 e. The van der Waals surface area contributed by atoms with E-state index in [0.717, 1.165) is 5.56 Å². The minimum Gasteiger partial charge on any atom is -0.455 e. The van der Waals surface area contributed by atoms with Crippen LogP contribution in [0, 0.1) is 0 Å². The lowest BCUT2D eigenvalue weighted by Gasteiger charge is -2.12. The molecule has 18 heavy (non-hydrogen) atoms. The van der Waals surface area contributed by atoms with E-state index in [4.69, 9.17) is 51.1 Å². The van der Waals surface area contributed by atoms with Gasteiger partial charge in [-0.1, -0.05) is 40.9 Å². The number of alkyl halides is 1. The molecule has 0 heterocycles. The van der Waals surface area contributed by atoms with Crippen molar-refractivity contribution in [2.45, 2.75) is 5.88 Å². The van der Waals surface area contributed by atoms with Gasteiger partial charge in [-0.2, -0.15) is 0 Å². The molecule has 0 radical (unpaired) electrons. The van der Waals surface area contributed by atoms with Gasteiger partial charge in [0.1, 0.15) is 11.5 Å². The maximum Gasteiger partial charge on any atom is 0.147 e. The van der Waals surface area contributed by atoms with Gasteiger partial charge in [0.05, 0.1) is 10.9 Å². The fourth-order valence-corrected chi connectivity index (χ4v) is 2.33. The van der Waals surface area contributed by atoms with Gasteiger partial charge in [0.25, 0.3) is 0 Å². The van der Waals surface area contributed by atoms with Gasteiger partial charge in [-0.25, -0.2) is 0 Å². The molecule has 0 atom stereocenters. The molecule has 0 aliphatic carbocycles. The Morgan fingerprint density at radius 1 is 0.889 bits per heavy atom. The van der Waals surface area contributed by atoms with Crippen LogP contribution in [-0.4, -0.2) is 0 Å². The van der Waals surface area contributed by atoms with E-state index in [-0.39, 0.29) is 5.88 Å². The highest BCUT2D eigenvalue weighted by Gasteiger charge is 2.10. The Labute approximate surface area is 125 Å². The molecule has 0 aliphatic heterocycles. The summed E-state index contributed by atoms with van der Waals surface area (Å²) >= 11 is 23.8. The monoisotopic (exact) mass is 320 g/mol. The van der Waals surface area contributed by atoms with Gasteiger partial charge in [0.2, 0.25) is 0 Å². The van der Waals surface area contributed by atoms with Crippen molar-refractivity contribution >= 4 is 46.4 Å². The first-order valence-electron chi connectivity index (χ1n) is 5.08. The molecule has 0 saturated heterocycles. The largest absolute Gasteiger partial charge is 0.455 e. The van der Waals surface area contributed by atoms with Crippen molar-refractivity contribution in [3.63, 3.8) is 0 Å². The van der Waals surface area contributed by atoms with Gasteiger partial charge < -0.3 is 4.74 Å². The van der Waals surface area contributed by atoms with Crippen LogP contribution < -0.4 is 4.74 Å². The van der Waals surface area contributed by atoms with Crippen LogP contribution in [-0.2, 0) is 5.88 Å². The highest BCUT2D eigenvalue weighted by molar-refractivity contribution is 6.34. The molecule has 0 spiro atoms. The molecule has 0 bridgehead atoms. The number of benzene rings is 2. The Kier molecular flexibility index (Phi) is 4.63. The first-order valence-corrected chi connectivity index (χ1v) is 6.75. The van der Waals surface area contributed by atoms with E-state index in [9.17, 15) is 0 Å². The van der Waals surface area contributed by atoms with Crippen molar-refractivity contribution in [3.8, 4) is 11.5 Å². The molecule has 0 fully saturated rings. The fraction of sp³-hybridized carbons (Fsp3) is 0.0769. The SMILES string of the molecule is ClCc1c(Cl)cccc1Oc1cc(Cl)ccc1Cl. The second-order valence-electron chi connectivity index (χ2n) is 3.53. The van der Waals surface area contributed by atoms with Crippen molar-refractivity contribution in [3.05, 3.63) is 57.0 Å². The molecule has 1 nitrogen and oxygen atoms in total. The van der Waals surface area contributed by atoms with Crippen LogP contribution in [0.5, 0.6) is 11.5 Å². The average molecular weight is 322 g/mol. The first kappa shape index (κ1) is 13.8. The third-order valence-electron chi connectivity index (χ3n) is 2.32.